The second kappa shape index (κ2) is 7.45. The lowest BCUT2D eigenvalue weighted by Crippen LogP contribution is -2.46. The van der Waals surface area contributed by atoms with Crippen LogP contribution in [-0.2, 0) is 10.2 Å². The molecular weight excluding hydrogens is 320 g/mol. The minimum Gasteiger partial charge on any atom is -0.497 e. The van der Waals surface area contributed by atoms with Gasteiger partial charge in [-0.25, -0.2) is 4.99 Å². The molecule has 128 valence electrons. The van der Waals surface area contributed by atoms with Crippen LogP contribution in [0.2, 0.25) is 0 Å². The summed E-state index contributed by atoms with van der Waals surface area (Å²) in [4.78, 5) is 16.3. The maximum atomic E-state index is 12.2. The summed E-state index contributed by atoms with van der Waals surface area (Å²) in [6, 6.07) is 8.84. The number of benzene rings is 1. The van der Waals surface area contributed by atoms with Gasteiger partial charge >= 0.3 is 0 Å². The number of isothiocyanates is 1. The normalized spacial score (nSPS) is 24.0. The van der Waals surface area contributed by atoms with E-state index >= 15 is 0 Å². The summed E-state index contributed by atoms with van der Waals surface area (Å²) in [6.07, 6.45) is 6.86. The predicted octanol–water partition coefficient (Wildman–Crippen LogP) is 3.65. The molecule has 2 fully saturated rings. The lowest BCUT2D eigenvalue weighted by molar-refractivity contribution is -0.123. The summed E-state index contributed by atoms with van der Waals surface area (Å²) in [5.41, 5.74) is 1.51. The number of methoxy groups -OCH3 is 1. The molecule has 1 amide bonds. The molecule has 0 heterocycles. The maximum Gasteiger partial charge on any atom is 0.220 e. The van der Waals surface area contributed by atoms with E-state index in [9.17, 15) is 4.79 Å². The van der Waals surface area contributed by atoms with Crippen LogP contribution < -0.4 is 10.1 Å². The number of nitrogens with zero attached hydrogens (tertiary/aromatic N) is 1. The highest BCUT2D eigenvalue weighted by Crippen LogP contribution is 2.47. The van der Waals surface area contributed by atoms with Gasteiger partial charge in [0.2, 0.25) is 5.91 Å². The molecule has 2 aliphatic rings. The first kappa shape index (κ1) is 17.1. The summed E-state index contributed by atoms with van der Waals surface area (Å²) in [7, 11) is 1.68. The van der Waals surface area contributed by atoms with Crippen LogP contribution in [0.4, 0.5) is 0 Å². The molecule has 1 aromatic carbocycles. The van der Waals surface area contributed by atoms with E-state index in [0.717, 1.165) is 25.0 Å². The standard InChI is InChI=1S/C19H24N2O2S/c1-23-17-5-3-14(4-6-17)19(8-2-9-19)10-7-18(22)21-16-11-15(12-16)20-13-24/h3-6,15-16H,2,7-12H2,1H3,(H,21,22)/t15-,16+. The van der Waals surface area contributed by atoms with E-state index in [1.165, 1.54) is 24.8 Å². The Labute approximate surface area is 148 Å². The number of carbonyl (C=O) groups is 1. The third-order valence-electron chi connectivity index (χ3n) is 5.56. The summed E-state index contributed by atoms with van der Waals surface area (Å²) >= 11 is 4.61. The van der Waals surface area contributed by atoms with E-state index in [1.54, 1.807) is 7.11 Å². The van der Waals surface area contributed by atoms with Gasteiger partial charge in [-0.05, 0) is 67.4 Å². The first-order chi connectivity index (χ1) is 11.6. The summed E-state index contributed by atoms with van der Waals surface area (Å²) < 4.78 is 5.24. The molecule has 0 spiro atoms. The third-order valence-corrected chi connectivity index (χ3v) is 5.66. The molecule has 0 aromatic heterocycles. The Morgan fingerprint density at radius 2 is 2.08 bits per heavy atom. The van der Waals surface area contributed by atoms with Gasteiger partial charge in [-0.15, -0.1) is 0 Å². The van der Waals surface area contributed by atoms with Gasteiger partial charge in [-0.2, -0.15) is 0 Å². The quantitative estimate of drug-likeness (QED) is 0.607. The highest BCUT2D eigenvalue weighted by Gasteiger charge is 2.39. The van der Waals surface area contributed by atoms with E-state index in [1.807, 2.05) is 12.1 Å². The summed E-state index contributed by atoms with van der Waals surface area (Å²) in [5.74, 6) is 1.04. The summed E-state index contributed by atoms with van der Waals surface area (Å²) in [6.45, 7) is 0. The second-order valence-electron chi connectivity index (χ2n) is 6.97. The molecule has 0 bridgehead atoms. The van der Waals surface area contributed by atoms with Gasteiger partial charge in [0, 0.05) is 12.5 Å². The van der Waals surface area contributed by atoms with Gasteiger partial charge in [0.15, 0.2) is 0 Å². The van der Waals surface area contributed by atoms with Crippen LogP contribution in [0.1, 0.15) is 50.5 Å². The fraction of sp³-hybridized carbons (Fsp3) is 0.579. The number of thiocarbonyl (C=S) groups is 1. The smallest absolute Gasteiger partial charge is 0.220 e. The van der Waals surface area contributed by atoms with Gasteiger partial charge < -0.3 is 10.1 Å². The number of rotatable bonds is 7. The molecule has 5 heteroatoms. The van der Waals surface area contributed by atoms with Crippen LogP contribution in [0.15, 0.2) is 29.3 Å². The lowest BCUT2D eigenvalue weighted by Gasteiger charge is -2.43. The monoisotopic (exact) mass is 344 g/mol. The minimum absolute atomic E-state index is 0.157. The largest absolute Gasteiger partial charge is 0.497 e. The van der Waals surface area contributed by atoms with Gasteiger partial charge in [0.05, 0.1) is 18.3 Å². The van der Waals surface area contributed by atoms with Gasteiger partial charge in [0.1, 0.15) is 5.75 Å². The van der Waals surface area contributed by atoms with Crippen molar-refractivity contribution in [1.82, 2.24) is 5.32 Å². The van der Waals surface area contributed by atoms with Crippen LogP contribution >= 0.6 is 12.2 Å². The Balaban J connectivity index is 1.50. The van der Waals surface area contributed by atoms with Crippen LogP contribution in [0, 0.1) is 0 Å². The van der Waals surface area contributed by atoms with Crippen molar-refractivity contribution in [2.75, 3.05) is 7.11 Å². The van der Waals surface area contributed by atoms with Crippen molar-refractivity contribution in [3.05, 3.63) is 29.8 Å². The van der Waals surface area contributed by atoms with Crippen LogP contribution in [0.25, 0.3) is 0 Å². The molecule has 3 rings (SSSR count). The van der Waals surface area contributed by atoms with Gasteiger partial charge in [-0.3, -0.25) is 4.79 Å². The van der Waals surface area contributed by atoms with Crippen LogP contribution in [0.3, 0.4) is 0 Å². The minimum atomic E-state index is 0.157. The Morgan fingerprint density at radius 1 is 1.38 bits per heavy atom. The van der Waals surface area contributed by atoms with Crippen molar-refractivity contribution < 1.29 is 9.53 Å². The average Bonchev–Trinajstić information content (AvgIpc) is 2.52. The number of hydrogen-bond donors (Lipinski definition) is 1. The predicted molar refractivity (Wildman–Crippen MR) is 97.7 cm³/mol. The molecule has 0 atom stereocenters. The zero-order valence-electron chi connectivity index (χ0n) is 14.1. The van der Waals surface area contributed by atoms with E-state index in [2.05, 4.69) is 39.8 Å². The average molecular weight is 344 g/mol. The van der Waals surface area contributed by atoms with Crippen molar-refractivity contribution >= 4 is 23.3 Å². The molecule has 2 saturated carbocycles. The van der Waals surface area contributed by atoms with E-state index in [0.29, 0.717) is 6.42 Å². The van der Waals surface area contributed by atoms with Crippen molar-refractivity contribution in [2.45, 2.75) is 62.4 Å². The summed E-state index contributed by atoms with van der Waals surface area (Å²) in [5, 5.41) is 5.53. The molecule has 4 nitrogen and oxygen atoms in total. The fourth-order valence-electron chi connectivity index (χ4n) is 3.77. The van der Waals surface area contributed by atoms with Crippen molar-refractivity contribution in [3.63, 3.8) is 0 Å². The Bertz CT molecular complexity index is 627. The highest BCUT2D eigenvalue weighted by atomic mass is 32.1. The van der Waals surface area contributed by atoms with Crippen molar-refractivity contribution in [1.29, 1.82) is 0 Å². The number of carbonyl (C=O) groups excluding carboxylic acids is 1. The second-order valence-corrected chi connectivity index (χ2v) is 7.16. The van der Waals surface area contributed by atoms with Gasteiger partial charge in [0.25, 0.3) is 0 Å². The topological polar surface area (TPSA) is 50.7 Å². The highest BCUT2D eigenvalue weighted by molar-refractivity contribution is 7.78. The number of ether oxygens (including phenoxy) is 1. The maximum absolute atomic E-state index is 12.2. The molecule has 0 unspecified atom stereocenters. The molecule has 0 aliphatic heterocycles. The first-order valence-electron chi connectivity index (χ1n) is 8.66. The lowest BCUT2D eigenvalue weighted by atomic mass is 9.62. The molecule has 1 aromatic rings. The molecule has 1 N–H and O–H groups in total. The zero-order valence-corrected chi connectivity index (χ0v) is 14.9. The van der Waals surface area contributed by atoms with Crippen LogP contribution in [-0.4, -0.2) is 30.3 Å². The van der Waals surface area contributed by atoms with E-state index in [-0.39, 0.29) is 23.4 Å². The number of hydrogen-bond acceptors (Lipinski definition) is 4. The number of nitrogens with one attached hydrogen (secondary N) is 1. The number of aliphatic imine (C=N–C) groups is 1. The molecule has 2 aliphatic carbocycles. The van der Waals surface area contributed by atoms with E-state index in [4.69, 9.17) is 4.74 Å². The fourth-order valence-corrected chi connectivity index (χ4v) is 3.92. The van der Waals surface area contributed by atoms with Crippen molar-refractivity contribution in [3.8, 4) is 5.75 Å². The SMILES string of the molecule is COc1ccc(C2(CCC(=O)N[C@H]3C[C@@H](N=C=S)C3)CCC2)cc1. The third kappa shape index (κ3) is 3.68. The van der Waals surface area contributed by atoms with Gasteiger partial charge in [-0.1, -0.05) is 18.6 Å². The Hall–Kier alpha value is -1.71. The molecule has 0 radical (unpaired) electrons. The van der Waals surface area contributed by atoms with E-state index < -0.39 is 0 Å². The van der Waals surface area contributed by atoms with Crippen LogP contribution in [0.5, 0.6) is 5.75 Å². The Kier molecular flexibility index (Phi) is 5.32. The Morgan fingerprint density at radius 3 is 2.62 bits per heavy atom. The molecule has 24 heavy (non-hydrogen) atoms. The van der Waals surface area contributed by atoms with Crippen molar-refractivity contribution in [2.24, 2.45) is 4.99 Å². The first-order valence-corrected chi connectivity index (χ1v) is 9.07. The zero-order chi connectivity index (χ0) is 17.0. The number of amides is 1. The molecule has 0 saturated heterocycles. The molecular formula is C19H24N2O2S.